The van der Waals surface area contributed by atoms with Crippen LogP contribution in [0.2, 0.25) is 0 Å². The number of nitrogens with one attached hydrogen (secondary N) is 1. The van der Waals surface area contributed by atoms with E-state index in [-0.39, 0.29) is 17.9 Å². The molecule has 2 heterocycles. The predicted molar refractivity (Wildman–Crippen MR) is 77.6 cm³/mol. The molecule has 1 aliphatic carbocycles. The number of hydrogen-bond acceptors (Lipinski definition) is 4. The highest BCUT2D eigenvalue weighted by molar-refractivity contribution is 5.82. The third-order valence-electron chi connectivity index (χ3n) is 4.20. The predicted octanol–water partition coefficient (Wildman–Crippen LogP) is 1.70. The average molecular weight is 274 g/mol. The molecule has 0 atom stereocenters. The first-order chi connectivity index (χ1) is 9.63. The molecule has 1 amide bonds. The van der Waals surface area contributed by atoms with Crippen molar-refractivity contribution >= 4 is 11.7 Å². The maximum atomic E-state index is 11.9. The summed E-state index contributed by atoms with van der Waals surface area (Å²) in [6, 6.07) is 2.31. The molecule has 1 N–H and O–H groups in total. The van der Waals surface area contributed by atoms with Crippen molar-refractivity contribution in [1.82, 2.24) is 15.3 Å². The van der Waals surface area contributed by atoms with E-state index in [4.69, 9.17) is 0 Å². The highest BCUT2D eigenvalue weighted by atomic mass is 16.2. The number of anilines is 1. The molecule has 2 aliphatic rings. The van der Waals surface area contributed by atoms with Gasteiger partial charge >= 0.3 is 0 Å². The van der Waals surface area contributed by atoms with Gasteiger partial charge in [-0.3, -0.25) is 4.79 Å². The minimum Gasteiger partial charge on any atom is -0.355 e. The number of nitrogens with zero attached hydrogens (tertiary/aromatic N) is 3. The van der Waals surface area contributed by atoms with Gasteiger partial charge in [-0.25, -0.2) is 9.97 Å². The van der Waals surface area contributed by atoms with Crippen molar-refractivity contribution in [2.45, 2.75) is 45.1 Å². The van der Waals surface area contributed by atoms with Crippen LogP contribution in [-0.2, 0) is 4.79 Å². The van der Waals surface area contributed by atoms with E-state index in [0.717, 1.165) is 24.6 Å². The van der Waals surface area contributed by atoms with Crippen molar-refractivity contribution in [1.29, 1.82) is 0 Å². The minimum atomic E-state index is 0.0968. The Morgan fingerprint density at radius 3 is 2.70 bits per heavy atom. The first-order valence-electron chi connectivity index (χ1n) is 7.50. The van der Waals surface area contributed by atoms with Crippen molar-refractivity contribution < 1.29 is 4.79 Å². The number of carbonyl (C=O) groups is 1. The van der Waals surface area contributed by atoms with E-state index >= 15 is 0 Å². The third-order valence-corrected chi connectivity index (χ3v) is 4.20. The second kappa shape index (κ2) is 5.38. The van der Waals surface area contributed by atoms with Crippen LogP contribution >= 0.6 is 0 Å². The van der Waals surface area contributed by atoms with Crippen LogP contribution in [0.15, 0.2) is 12.4 Å². The van der Waals surface area contributed by atoms with Crippen LogP contribution in [0.4, 0.5) is 5.82 Å². The lowest BCUT2D eigenvalue weighted by Crippen LogP contribution is -2.55. The molecule has 1 aliphatic heterocycles. The molecule has 1 saturated heterocycles. The molecule has 0 spiro atoms. The number of aromatic nitrogens is 2. The molecule has 2 fully saturated rings. The van der Waals surface area contributed by atoms with Crippen molar-refractivity contribution in [3.05, 3.63) is 18.1 Å². The van der Waals surface area contributed by atoms with Gasteiger partial charge in [0.2, 0.25) is 5.91 Å². The van der Waals surface area contributed by atoms with E-state index in [1.54, 1.807) is 6.33 Å². The van der Waals surface area contributed by atoms with E-state index < -0.39 is 0 Å². The van der Waals surface area contributed by atoms with E-state index in [1.165, 1.54) is 19.3 Å². The zero-order valence-corrected chi connectivity index (χ0v) is 12.2. The molecule has 1 aromatic heterocycles. The van der Waals surface area contributed by atoms with Gasteiger partial charge in [-0.2, -0.15) is 0 Å². The highest BCUT2D eigenvalue weighted by Crippen LogP contribution is 2.36. The largest absolute Gasteiger partial charge is 0.355 e. The van der Waals surface area contributed by atoms with Gasteiger partial charge in [0.15, 0.2) is 0 Å². The van der Waals surface area contributed by atoms with E-state index in [1.807, 2.05) is 13.8 Å². The van der Waals surface area contributed by atoms with Crippen LogP contribution in [0.5, 0.6) is 0 Å². The molecule has 108 valence electrons. The van der Waals surface area contributed by atoms with Crippen LogP contribution in [0.1, 0.15) is 44.7 Å². The normalized spacial score (nSPS) is 19.6. The van der Waals surface area contributed by atoms with Gasteiger partial charge in [-0.05, 0) is 26.7 Å². The lowest BCUT2D eigenvalue weighted by molar-refractivity contribution is -0.126. The van der Waals surface area contributed by atoms with Crippen molar-refractivity contribution in [2.75, 3.05) is 18.0 Å². The number of amides is 1. The summed E-state index contributed by atoms with van der Waals surface area (Å²) >= 11 is 0. The van der Waals surface area contributed by atoms with Gasteiger partial charge < -0.3 is 10.2 Å². The minimum absolute atomic E-state index is 0.0968. The summed E-state index contributed by atoms with van der Waals surface area (Å²) in [4.78, 5) is 22.8. The van der Waals surface area contributed by atoms with E-state index in [9.17, 15) is 4.79 Å². The topological polar surface area (TPSA) is 58.1 Å². The zero-order valence-electron chi connectivity index (χ0n) is 12.2. The van der Waals surface area contributed by atoms with E-state index in [2.05, 4.69) is 26.3 Å². The Bertz CT molecular complexity index is 492. The number of hydrogen-bond donors (Lipinski definition) is 1. The quantitative estimate of drug-likeness (QED) is 0.908. The molecular weight excluding hydrogens is 252 g/mol. The van der Waals surface area contributed by atoms with Crippen molar-refractivity contribution in [3.8, 4) is 0 Å². The molecule has 0 aromatic carbocycles. The van der Waals surface area contributed by atoms with Crippen molar-refractivity contribution in [3.63, 3.8) is 0 Å². The molecule has 1 saturated carbocycles. The van der Waals surface area contributed by atoms with Crippen LogP contribution in [0.25, 0.3) is 0 Å². The number of carbonyl (C=O) groups excluding carboxylic acids is 1. The Hall–Kier alpha value is -1.65. The van der Waals surface area contributed by atoms with Gasteiger partial charge in [-0.1, -0.05) is 6.42 Å². The Labute approximate surface area is 119 Å². The Morgan fingerprint density at radius 2 is 2.10 bits per heavy atom. The summed E-state index contributed by atoms with van der Waals surface area (Å²) in [7, 11) is 0. The Morgan fingerprint density at radius 1 is 1.35 bits per heavy atom. The first-order valence-corrected chi connectivity index (χ1v) is 7.50. The Kier molecular flexibility index (Phi) is 3.59. The molecule has 0 radical (unpaired) electrons. The molecule has 5 nitrogen and oxygen atoms in total. The van der Waals surface area contributed by atoms with Crippen LogP contribution in [-0.4, -0.2) is 35.0 Å². The van der Waals surface area contributed by atoms with Gasteiger partial charge in [0.1, 0.15) is 12.1 Å². The lowest BCUT2D eigenvalue weighted by Gasteiger charge is -2.39. The van der Waals surface area contributed by atoms with Crippen molar-refractivity contribution in [2.24, 2.45) is 5.92 Å². The summed E-state index contributed by atoms with van der Waals surface area (Å²) in [5.74, 6) is 1.85. The molecule has 1 aromatic rings. The maximum Gasteiger partial charge on any atom is 0.226 e. The van der Waals surface area contributed by atoms with Gasteiger partial charge in [0.25, 0.3) is 0 Å². The second-order valence-electron chi connectivity index (χ2n) is 6.19. The summed E-state index contributed by atoms with van der Waals surface area (Å²) < 4.78 is 0. The zero-order chi connectivity index (χ0) is 14.1. The summed E-state index contributed by atoms with van der Waals surface area (Å²) in [6.07, 6.45) is 5.46. The lowest BCUT2D eigenvalue weighted by atomic mass is 9.83. The molecule has 3 rings (SSSR count). The molecule has 20 heavy (non-hydrogen) atoms. The molecule has 5 heteroatoms. The van der Waals surface area contributed by atoms with Crippen LogP contribution < -0.4 is 10.2 Å². The van der Waals surface area contributed by atoms with Crippen LogP contribution in [0.3, 0.4) is 0 Å². The number of rotatable bonds is 4. The van der Waals surface area contributed by atoms with E-state index in [0.29, 0.717) is 5.92 Å². The third kappa shape index (κ3) is 2.62. The molecule has 0 bridgehead atoms. The highest BCUT2D eigenvalue weighted by Gasteiger charge is 2.34. The fourth-order valence-corrected chi connectivity index (χ4v) is 2.70. The molecular formula is C15H22N4O. The fraction of sp³-hybridized carbons (Fsp3) is 0.667. The van der Waals surface area contributed by atoms with Gasteiger partial charge in [0.05, 0.1) is 5.92 Å². The fourth-order valence-electron chi connectivity index (χ4n) is 2.70. The van der Waals surface area contributed by atoms with Crippen LogP contribution in [0, 0.1) is 5.92 Å². The maximum absolute atomic E-state index is 11.9. The molecule has 0 unspecified atom stereocenters. The summed E-state index contributed by atoms with van der Waals surface area (Å²) in [5, 5.41) is 2.97. The summed E-state index contributed by atoms with van der Waals surface area (Å²) in [5.41, 5.74) is 1.16. The smallest absolute Gasteiger partial charge is 0.226 e. The second-order valence-corrected chi connectivity index (χ2v) is 6.19. The van der Waals surface area contributed by atoms with Gasteiger partial charge in [-0.15, -0.1) is 0 Å². The Balaban J connectivity index is 1.58. The van der Waals surface area contributed by atoms with Gasteiger partial charge in [0, 0.05) is 36.8 Å². The first kappa shape index (κ1) is 13.3. The SMILES string of the molecule is CC(C)NC(=O)C1CN(c2cc(C3CCC3)ncn2)C1. The summed E-state index contributed by atoms with van der Waals surface area (Å²) in [6.45, 7) is 5.51. The monoisotopic (exact) mass is 274 g/mol. The standard InChI is InChI=1S/C15H22N4O/c1-10(2)18-15(20)12-7-19(8-12)14-6-13(16-9-17-14)11-4-3-5-11/h6,9-12H,3-5,7-8H2,1-2H3,(H,18,20). The average Bonchev–Trinajstić information content (AvgIpc) is 2.23.